The van der Waals surface area contributed by atoms with Crippen molar-refractivity contribution in [1.29, 1.82) is 0 Å². The maximum Gasteiger partial charge on any atom is 0.258 e. The summed E-state index contributed by atoms with van der Waals surface area (Å²) in [5.74, 6) is 0.255. The molecule has 0 spiro atoms. The molecule has 0 aliphatic rings. The van der Waals surface area contributed by atoms with Gasteiger partial charge < -0.3 is 5.32 Å². The first-order valence-electron chi connectivity index (χ1n) is 10.4. The number of amides is 1. The number of nitrogens with zero attached hydrogens (tertiary/aromatic N) is 4. The predicted octanol–water partition coefficient (Wildman–Crippen LogP) is 5.89. The summed E-state index contributed by atoms with van der Waals surface area (Å²) in [6, 6.07) is 16.2. The first-order valence-corrected chi connectivity index (χ1v) is 11.2. The summed E-state index contributed by atoms with van der Waals surface area (Å²) in [6.07, 6.45) is 7.68. The van der Waals surface area contributed by atoms with Gasteiger partial charge >= 0.3 is 0 Å². The molecule has 1 radical (unpaired) electrons. The fourth-order valence-electron chi connectivity index (χ4n) is 3.43. The van der Waals surface area contributed by atoms with E-state index in [9.17, 15) is 4.79 Å². The number of nitrogens with one attached hydrogen (secondary N) is 1. The summed E-state index contributed by atoms with van der Waals surface area (Å²) >= 11 is 3.65. The number of halogens is 1. The summed E-state index contributed by atoms with van der Waals surface area (Å²) in [5, 5.41) is 8.43. The fourth-order valence-corrected chi connectivity index (χ4v) is 3.98. The van der Waals surface area contributed by atoms with E-state index in [4.69, 9.17) is 10.1 Å². The fraction of sp³-hybridized carbons (Fsp3) is 0.250. The summed E-state index contributed by atoms with van der Waals surface area (Å²) < 4.78 is 2.74. The zero-order valence-corrected chi connectivity index (χ0v) is 18.9. The molecule has 0 aliphatic carbocycles. The zero-order valence-electron chi connectivity index (χ0n) is 17.3. The highest BCUT2D eigenvalue weighted by atomic mass is 79.9. The normalized spacial score (nSPS) is 11.0. The van der Waals surface area contributed by atoms with Crippen molar-refractivity contribution < 1.29 is 4.79 Å². The first kappa shape index (κ1) is 21.2. The number of carbonyl (C=O) groups excluding carboxylic acids is 1. The number of benzene rings is 1. The molecule has 7 heteroatoms. The number of hydrogen-bond acceptors (Lipinski definition) is 4. The van der Waals surface area contributed by atoms with Crippen molar-refractivity contribution in [1.82, 2.24) is 19.7 Å². The Bertz CT molecular complexity index is 1180. The van der Waals surface area contributed by atoms with E-state index < -0.39 is 0 Å². The molecule has 4 rings (SSSR count). The van der Waals surface area contributed by atoms with E-state index in [0.29, 0.717) is 11.4 Å². The third-order valence-corrected chi connectivity index (χ3v) is 5.65. The third kappa shape index (κ3) is 4.82. The van der Waals surface area contributed by atoms with Crippen LogP contribution in [0.15, 0.2) is 59.3 Å². The van der Waals surface area contributed by atoms with E-state index in [1.54, 1.807) is 18.3 Å². The molecule has 4 aromatic rings. The van der Waals surface area contributed by atoms with Crippen molar-refractivity contribution in [2.24, 2.45) is 0 Å². The van der Waals surface area contributed by atoms with Crippen LogP contribution < -0.4 is 5.32 Å². The van der Waals surface area contributed by atoms with Crippen LogP contribution in [0.25, 0.3) is 22.3 Å². The number of hydrogen-bond donors (Lipinski definition) is 1. The predicted molar refractivity (Wildman–Crippen MR) is 126 cm³/mol. The summed E-state index contributed by atoms with van der Waals surface area (Å²) in [6.45, 7) is 2.94. The average molecular weight is 477 g/mol. The van der Waals surface area contributed by atoms with Gasteiger partial charge in [-0.25, -0.2) is 9.67 Å². The maximum atomic E-state index is 12.7. The van der Waals surface area contributed by atoms with Crippen LogP contribution >= 0.6 is 15.9 Å². The van der Waals surface area contributed by atoms with Gasteiger partial charge in [0.2, 0.25) is 0 Å². The number of carbonyl (C=O) groups is 1. The zero-order chi connectivity index (χ0) is 21.6. The van der Waals surface area contributed by atoms with Gasteiger partial charge in [0.15, 0.2) is 11.5 Å². The van der Waals surface area contributed by atoms with E-state index >= 15 is 0 Å². The second-order valence-electron chi connectivity index (χ2n) is 7.31. The van der Waals surface area contributed by atoms with Gasteiger partial charge in [0.25, 0.3) is 5.91 Å². The van der Waals surface area contributed by atoms with Crippen molar-refractivity contribution in [2.75, 3.05) is 5.32 Å². The van der Waals surface area contributed by atoms with Crippen molar-refractivity contribution in [2.45, 2.75) is 39.2 Å². The summed E-state index contributed by atoms with van der Waals surface area (Å²) in [7, 11) is 0. The molecule has 1 N–H and O–H groups in total. The minimum absolute atomic E-state index is 0.246. The Morgan fingerprint density at radius 3 is 2.77 bits per heavy atom. The van der Waals surface area contributed by atoms with Crippen LogP contribution in [0.2, 0.25) is 0 Å². The quantitative estimate of drug-likeness (QED) is 0.321. The Hall–Kier alpha value is -3.06. The van der Waals surface area contributed by atoms with Crippen LogP contribution in [0.1, 0.15) is 43.0 Å². The highest BCUT2D eigenvalue weighted by molar-refractivity contribution is 9.10. The number of rotatable bonds is 8. The highest BCUT2D eigenvalue weighted by Crippen LogP contribution is 2.33. The molecule has 6 nitrogen and oxygen atoms in total. The molecule has 1 aromatic carbocycles. The molecule has 3 aromatic heterocycles. The Morgan fingerprint density at radius 1 is 1.19 bits per heavy atom. The van der Waals surface area contributed by atoms with Crippen LogP contribution in [0.5, 0.6) is 0 Å². The summed E-state index contributed by atoms with van der Waals surface area (Å²) in [4.78, 5) is 21.6. The maximum absolute atomic E-state index is 12.7. The smallest absolute Gasteiger partial charge is 0.258 e. The van der Waals surface area contributed by atoms with Gasteiger partial charge in [-0.2, -0.15) is 5.10 Å². The van der Waals surface area contributed by atoms with Crippen LogP contribution in [0.3, 0.4) is 0 Å². The molecule has 1 amide bonds. The average Bonchev–Trinajstić information content (AvgIpc) is 3.13. The Morgan fingerprint density at radius 2 is 2.03 bits per heavy atom. The minimum Gasteiger partial charge on any atom is -0.304 e. The van der Waals surface area contributed by atoms with Crippen molar-refractivity contribution in [3.8, 4) is 11.3 Å². The number of aromatic nitrogens is 4. The molecule has 0 aliphatic heterocycles. The second kappa shape index (κ2) is 9.83. The minimum atomic E-state index is -0.246. The van der Waals surface area contributed by atoms with Crippen molar-refractivity contribution in [3.05, 3.63) is 71.0 Å². The molecule has 0 saturated heterocycles. The van der Waals surface area contributed by atoms with E-state index in [-0.39, 0.29) is 5.91 Å². The number of pyridine rings is 2. The second-order valence-corrected chi connectivity index (χ2v) is 8.16. The van der Waals surface area contributed by atoms with Gasteiger partial charge in [0, 0.05) is 29.0 Å². The monoisotopic (exact) mass is 476 g/mol. The Kier molecular flexibility index (Phi) is 6.72. The molecule has 31 heavy (non-hydrogen) atoms. The van der Waals surface area contributed by atoms with Gasteiger partial charge in [0.1, 0.15) is 0 Å². The molecule has 0 fully saturated rings. The Balaban J connectivity index is 1.73. The lowest BCUT2D eigenvalue weighted by Crippen LogP contribution is -2.13. The number of anilines is 1. The van der Waals surface area contributed by atoms with Crippen LogP contribution in [0.4, 0.5) is 5.82 Å². The molecule has 0 bridgehead atoms. The molecule has 0 saturated carbocycles. The molecular weight excluding hydrogens is 454 g/mol. The lowest BCUT2D eigenvalue weighted by atomic mass is 10.1. The van der Waals surface area contributed by atoms with E-state index in [1.165, 1.54) is 19.0 Å². The standard InChI is InChI=1S/C24H23BrN5O/c1-2-3-4-8-14-30-23-19(15-20(25)21(27-23)17-10-6-5-7-11-17)22(29-30)28-24(31)18-12-9-13-26-16-18/h6-7,9-13,15-16H,2-4,8,14H2,1H3,(H,28,29,31). The lowest BCUT2D eigenvalue weighted by molar-refractivity contribution is 0.102. The van der Waals surface area contributed by atoms with E-state index in [1.807, 2.05) is 35.0 Å². The Labute approximate surface area is 189 Å². The topological polar surface area (TPSA) is 72.7 Å². The molecular formula is C24H23BrN5O. The van der Waals surface area contributed by atoms with E-state index in [2.05, 4.69) is 39.2 Å². The van der Waals surface area contributed by atoms with Gasteiger partial charge in [-0.1, -0.05) is 50.5 Å². The first-order chi connectivity index (χ1) is 15.2. The van der Waals surface area contributed by atoms with E-state index in [0.717, 1.165) is 46.1 Å². The van der Waals surface area contributed by atoms with Gasteiger partial charge in [-0.15, -0.1) is 0 Å². The molecule has 0 unspecified atom stereocenters. The number of fused-ring (bicyclic) bond motifs is 1. The van der Waals surface area contributed by atoms with Gasteiger partial charge in [-0.05, 0) is 46.6 Å². The lowest BCUT2D eigenvalue weighted by Gasteiger charge is -2.07. The summed E-state index contributed by atoms with van der Waals surface area (Å²) in [5.41, 5.74) is 3.06. The SMILES string of the molecule is CCCCCCn1nc(NC(=O)c2cccnc2)c2cc(Br)c(-c3cc[c]cc3)nc21. The largest absolute Gasteiger partial charge is 0.304 e. The van der Waals surface area contributed by atoms with Crippen LogP contribution in [0, 0.1) is 6.07 Å². The molecule has 3 heterocycles. The molecule has 157 valence electrons. The molecule has 0 atom stereocenters. The number of unbranched alkanes of at least 4 members (excludes halogenated alkanes) is 3. The van der Waals surface area contributed by atoms with Crippen LogP contribution in [-0.4, -0.2) is 25.7 Å². The van der Waals surface area contributed by atoms with Gasteiger partial charge in [0.05, 0.1) is 16.6 Å². The number of aryl methyl sites for hydroxylation is 1. The van der Waals surface area contributed by atoms with Crippen LogP contribution in [-0.2, 0) is 6.54 Å². The van der Waals surface area contributed by atoms with Crippen molar-refractivity contribution >= 4 is 38.7 Å². The van der Waals surface area contributed by atoms with Crippen molar-refractivity contribution in [3.63, 3.8) is 0 Å². The highest BCUT2D eigenvalue weighted by Gasteiger charge is 2.18. The van der Waals surface area contributed by atoms with Gasteiger partial charge in [-0.3, -0.25) is 9.78 Å². The third-order valence-electron chi connectivity index (χ3n) is 5.05.